The minimum Gasteiger partial charge on any atom is -0.466 e. The Bertz CT molecular complexity index is 950. The van der Waals surface area contributed by atoms with Crippen LogP contribution >= 0.6 is 0 Å². The topological polar surface area (TPSA) is 104 Å². The van der Waals surface area contributed by atoms with Crippen LogP contribution in [0.25, 0.3) is 0 Å². The van der Waals surface area contributed by atoms with Crippen molar-refractivity contribution >= 4 is 27.8 Å². The van der Waals surface area contributed by atoms with E-state index in [9.17, 15) is 22.8 Å². The van der Waals surface area contributed by atoms with Gasteiger partial charge >= 0.3 is 5.97 Å². The van der Waals surface area contributed by atoms with Gasteiger partial charge in [-0.1, -0.05) is 6.07 Å². The van der Waals surface area contributed by atoms with E-state index in [1.54, 1.807) is 24.0 Å². The average molecular weight is 466 g/mol. The number of benzene rings is 1. The fourth-order valence-electron chi connectivity index (χ4n) is 4.09. The second-order valence-corrected chi connectivity index (χ2v) is 10.1. The number of rotatable bonds is 7. The van der Waals surface area contributed by atoms with Gasteiger partial charge in [-0.2, -0.15) is 4.31 Å². The fourth-order valence-corrected chi connectivity index (χ4v) is 5.65. The second-order valence-electron chi connectivity index (χ2n) is 8.21. The van der Waals surface area contributed by atoms with Gasteiger partial charge in [-0.3, -0.25) is 14.4 Å². The van der Waals surface area contributed by atoms with E-state index in [0.29, 0.717) is 45.6 Å². The van der Waals surface area contributed by atoms with Crippen molar-refractivity contribution < 1.29 is 27.5 Å². The van der Waals surface area contributed by atoms with Gasteiger partial charge in [0.15, 0.2) is 0 Å². The number of hydrogen-bond acceptors (Lipinski definition) is 6. The van der Waals surface area contributed by atoms with Crippen molar-refractivity contribution in [1.29, 1.82) is 0 Å². The number of likely N-dealkylation sites (N-methyl/N-ethyl adjacent to an activating group) is 1. The number of amides is 2. The predicted molar refractivity (Wildman–Crippen MR) is 117 cm³/mol. The molecule has 1 aromatic rings. The third-order valence-electron chi connectivity index (χ3n) is 5.97. The van der Waals surface area contributed by atoms with E-state index in [1.165, 1.54) is 28.4 Å². The summed E-state index contributed by atoms with van der Waals surface area (Å²) < 4.78 is 32.1. The first-order valence-electron chi connectivity index (χ1n) is 11.0. The van der Waals surface area contributed by atoms with Gasteiger partial charge in [-0.15, -0.1) is 0 Å². The monoisotopic (exact) mass is 465 g/mol. The average Bonchev–Trinajstić information content (AvgIpc) is 3.35. The number of carbonyl (C=O) groups is 3. The molecule has 0 unspecified atom stereocenters. The first-order valence-corrected chi connectivity index (χ1v) is 12.5. The number of nitrogens with zero attached hydrogens (tertiary/aromatic N) is 3. The summed E-state index contributed by atoms with van der Waals surface area (Å²) in [5.74, 6) is -1.04. The van der Waals surface area contributed by atoms with Crippen LogP contribution in [0.5, 0.6) is 0 Å². The van der Waals surface area contributed by atoms with E-state index in [1.807, 2.05) is 0 Å². The van der Waals surface area contributed by atoms with Gasteiger partial charge in [0, 0.05) is 38.8 Å². The summed E-state index contributed by atoms with van der Waals surface area (Å²) in [6, 6.07) is 5.97. The summed E-state index contributed by atoms with van der Waals surface area (Å²) in [7, 11) is -2.11. The lowest BCUT2D eigenvalue weighted by Gasteiger charge is -2.32. The van der Waals surface area contributed by atoms with Gasteiger partial charge in [0.25, 0.3) is 5.91 Å². The van der Waals surface area contributed by atoms with Gasteiger partial charge in [-0.25, -0.2) is 8.42 Å². The molecule has 9 nitrogen and oxygen atoms in total. The van der Waals surface area contributed by atoms with E-state index in [0.717, 1.165) is 12.8 Å². The summed E-state index contributed by atoms with van der Waals surface area (Å²) >= 11 is 0. The summed E-state index contributed by atoms with van der Waals surface area (Å²) in [5.41, 5.74) is 0.224. The van der Waals surface area contributed by atoms with E-state index in [2.05, 4.69) is 0 Å². The van der Waals surface area contributed by atoms with Crippen LogP contribution in [-0.4, -0.2) is 86.7 Å². The molecule has 0 atom stereocenters. The molecule has 2 fully saturated rings. The summed E-state index contributed by atoms with van der Waals surface area (Å²) in [6.45, 7) is 3.84. The SMILES string of the molecule is CCOC(=O)C1CCN(C(=O)CN(C)C(=O)c2cccc(S(=O)(=O)N3CCCC3)c2)CC1. The lowest BCUT2D eigenvalue weighted by molar-refractivity contribution is -0.151. The lowest BCUT2D eigenvalue weighted by atomic mass is 9.97. The molecule has 2 aliphatic rings. The highest BCUT2D eigenvalue weighted by Crippen LogP contribution is 2.22. The molecule has 0 saturated carbocycles. The molecule has 0 aliphatic carbocycles. The summed E-state index contributed by atoms with van der Waals surface area (Å²) in [6.07, 6.45) is 2.75. The number of carbonyl (C=O) groups excluding carboxylic acids is 3. The minimum absolute atomic E-state index is 0.0889. The number of ether oxygens (including phenoxy) is 1. The molecule has 3 rings (SSSR count). The zero-order chi connectivity index (χ0) is 23.3. The Morgan fingerprint density at radius 3 is 2.38 bits per heavy atom. The molecular weight excluding hydrogens is 434 g/mol. The second kappa shape index (κ2) is 10.4. The number of hydrogen-bond donors (Lipinski definition) is 0. The molecule has 0 spiro atoms. The van der Waals surface area contributed by atoms with Crippen LogP contribution in [-0.2, 0) is 24.3 Å². The van der Waals surface area contributed by atoms with Gasteiger partial charge in [0.1, 0.15) is 0 Å². The number of sulfonamides is 1. The highest BCUT2D eigenvalue weighted by Gasteiger charge is 2.30. The zero-order valence-electron chi connectivity index (χ0n) is 18.7. The van der Waals surface area contributed by atoms with E-state index < -0.39 is 15.9 Å². The van der Waals surface area contributed by atoms with E-state index >= 15 is 0 Å². The van der Waals surface area contributed by atoms with Crippen molar-refractivity contribution in [2.75, 3.05) is 46.4 Å². The Labute approximate surface area is 189 Å². The van der Waals surface area contributed by atoms with Crippen LogP contribution in [0.3, 0.4) is 0 Å². The quantitative estimate of drug-likeness (QED) is 0.563. The molecule has 2 heterocycles. The fraction of sp³-hybridized carbons (Fsp3) is 0.591. The van der Waals surface area contributed by atoms with Gasteiger partial charge in [-0.05, 0) is 50.8 Å². The molecule has 2 amide bonds. The maximum Gasteiger partial charge on any atom is 0.309 e. The third-order valence-corrected chi connectivity index (χ3v) is 7.87. The standard InChI is InChI=1S/C22H31N3O6S/c1-3-31-22(28)17-9-13-24(14-10-17)20(26)16-23(2)21(27)18-7-6-8-19(15-18)32(29,30)25-11-4-5-12-25/h6-8,15,17H,3-5,9-14,16H2,1-2H3. The summed E-state index contributed by atoms with van der Waals surface area (Å²) in [4.78, 5) is 40.4. The molecule has 0 bridgehead atoms. The van der Waals surface area contributed by atoms with Crippen LogP contribution in [0.1, 0.15) is 43.0 Å². The minimum atomic E-state index is -3.63. The Morgan fingerprint density at radius 2 is 1.75 bits per heavy atom. The van der Waals surface area contributed by atoms with Crippen molar-refractivity contribution in [1.82, 2.24) is 14.1 Å². The van der Waals surface area contributed by atoms with Crippen molar-refractivity contribution in [2.24, 2.45) is 5.92 Å². The molecule has 0 radical (unpaired) electrons. The van der Waals surface area contributed by atoms with Gasteiger partial charge in [0.2, 0.25) is 15.9 Å². The largest absolute Gasteiger partial charge is 0.466 e. The molecular formula is C22H31N3O6S. The van der Waals surface area contributed by atoms with E-state index in [-0.39, 0.29) is 34.8 Å². The maximum atomic E-state index is 12.9. The predicted octanol–water partition coefficient (Wildman–Crippen LogP) is 1.34. The van der Waals surface area contributed by atoms with Gasteiger partial charge < -0.3 is 14.5 Å². The Kier molecular flexibility index (Phi) is 7.89. The van der Waals surface area contributed by atoms with Gasteiger partial charge in [0.05, 0.1) is 24.0 Å². The lowest BCUT2D eigenvalue weighted by Crippen LogP contribution is -2.45. The first kappa shape index (κ1) is 24.2. The van der Waals surface area contributed by atoms with Crippen LogP contribution in [0.4, 0.5) is 0 Å². The molecule has 32 heavy (non-hydrogen) atoms. The zero-order valence-corrected chi connectivity index (χ0v) is 19.5. The normalized spacial score (nSPS) is 17.9. The van der Waals surface area contributed by atoms with Crippen LogP contribution in [0.2, 0.25) is 0 Å². The van der Waals surface area contributed by atoms with Crippen molar-refractivity contribution in [3.8, 4) is 0 Å². The maximum absolute atomic E-state index is 12.9. The third kappa shape index (κ3) is 5.47. The molecule has 10 heteroatoms. The summed E-state index contributed by atoms with van der Waals surface area (Å²) in [5, 5.41) is 0. The molecule has 0 N–H and O–H groups in total. The molecule has 1 aromatic carbocycles. The molecule has 0 aromatic heterocycles. The van der Waals surface area contributed by atoms with Crippen LogP contribution in [0.15, 0.2) is 29.2 Å². The van der Waals surface area contributed by atoms with Crippen molar-refractivity contribution in [3.05, 3.63) is 29.8 Å². The van der Waals surface area contributed by atoms with Crippen molar-refractivity contribution in [3.63, 3.8) is 0 Å². The number of esters is 1. The van der Waals surface area contributed by atoms with E-state index in [4.69, 9.17) is 4.74 Å². The molecule has 176 valence electrons. The van der Waals surface area contributed by atoms with Crippen molar-refractivity contribution in [2.45, 2.75) is 37.5 Å². The first-order chi connectivity index (χ1) is 15.2. The number of piperidine rings is 1. The number of likely N-dealkylation sites (tertiary alicyclic amines) is 1. The highest BCUT2D eigenvalue weighted by molar-refractivity contribution is 7.89. The Balaban J connectivity index is 1.59. The smallest absolute Gasteiger partial charge is 0.309 e. The molecule has 2 saturated heterocycles. The van der Waals surface area contributed by atoms with Crippen LogP contribution in [0, 0.1) is 5.92 Å². The highest BCUT2D eigenvalue weighted by atomic mass is 32.2. The Hall–Kier alpha value is -2.46. The Morgan fingerprint density at radius 1 is 1.09 bits per heavy atom. The molecule has 2 aliphatic heterocycles. The van der Waals surface area contributed by atoms with Crippen LogP contribution < -0.4 is 0 Å².